The number of sulfonamides is 1. The number of aromatic nitrogens is 2. The Morgan fingerprint density at radius 2 is 1.85 bits per heavy atom. The summed E-state index contributed by atoms with van der Waals surface area (Å²) in [6.45, 7) is 0. The van der Waals surface area contributed by atoms with Gasteiger partial charge in [-0.25, -0.2) is 18.4 Å². The Kier molecular flexibility index (Phi) is 5.04. The summed E-state index contributed by atoms with van der Waals surface area (Å²) in [6.07, 6.45) is 9.40. The predicted molar refractivity (Wildman–Crippen MR) is 108 cm³/mol. The molecule has 0 radical (unpaired) electrons. The molecule has 2 aliphatic rings. The molecule has 27 heavy (non-hydrogen) atoms. The van der Waals surface area contributed by atoms with Crippen LogP contribution >= 0.6 is 0 Å². The van der Waals surface area contributed by atoms with Gasteiger partial charge in [-0.05, 0) is 43.9 Å². The van der Waals surface area contributed by atoms with Gasteiger partial charge in [-0.1, -0.05) is 31.4 Å². The van der Waals surface area contributed by atoms with E-state index in [-0.39, 0.29) is 5.25 Å². The molecule has 144 valence electrons. The second-order valence-electron chi connectivity index (χ2n) is 7.51. The second-order valence-corrected chi connectivity index (χ2v) is 9.75. The van der Waals surface area contributed by atoms with Crippen molar-refractivity contribution >= 4 is 21.7 Å². The summed E-state index contributed by atoms with van der Waals surface area (Å²) in [5.41, 5.74) is 2.35. The first-order chi connectivity index (χ1) is 13.0. The van der Waals surface area contributed by atoms with Gasteiger partial charge in [-0.3, -0.25) is 4.31 Å². The Morgan fingerprint density at radius 1 is 1.07 bits per heavy atom. The fourth-order valence-corrected chi connectivity index (χ4v) is 5.20. The molecular weight excluding hydrogens is 360 g/mol. The first-order valence-electron chi connectivity index (χ1n) is 9.72. The summed E-state index contributed by atoms with van der Waals surface area (Å²) in [6, 6.07) is 9.84. The Labute approximate surface area is 161 Å². The summed E-state index contributed by atoms with van der Waals surface area (Å²) in [5.74, 6) is 0.642. The van der Waals surface area contributed by atoms with Crippen molar-refractivity contribution in [1.29, 1.82) is 0 Å². The van der Waals surface area contributed by atoms with E-state index in [9.17, 15) is 8.42 Å². The van der Waals surface area contributed by atoms with Crippen LogP contribution in [0, 0.1) is 0 Å². The van der Waals surface area contributed by atoms with E-state index < -0.39 is 10.0 Å². The molecule has 6 nitrogen and oxygen atoms in total. The zero-order chi connectivity index (χ0) is 18.9. The molecule has 0 aliphatic heterocycles. The standard InChI is InChI=1S/C20H26N4O2S/c1-24(27(25,26)18-10-11-18)17-9-5-6-15(14-17)19-12-13-21-20(23-19)22-16-7-3-2-4-8-16/h5-6,9,12-14,16,18H,2-4,7-8,10-11H2,1H3,(H,21,22,23). The minimum absolute atomic E-state index is 0.225. The van der Waals surface area contributed by atoms with Crippen LogP contribution in [-0.4, -0.2) is 36.7 Å². The van der Waals surface area contributed by atoms with Gasteiger partial charge in [0.05, 0.1) is 16.6 Å². The van der Waals surface area contributed by atoms with Crippen molar-refractivity contribution in [2.24, 2.45) is 0 Å². The highest BCUT2D eigenvalue weighted by Crippen LogP contribution is 2.33. The minimum Gasteiger partial charge on any atom is -0.351 e. The highest BCUT2D eigenvalue weighted by molar-refractivity contribution is 7.93. The van der Waals surface area contributed by atoms with Crippen molar-refractivity contribution in [3.8, 4) is 11.3 Å². The van der Waals surface area contributed by atoms with Crippen molar-refractivity contribution in [2.75, 3.05) is 16.7 Å². The summed E-state index contributed by atoms with van der Waals surface area (Å²) in [4.78, 5) is 9.02. The summed E-state index contributed by atoms with van der Waals surface area (Å²) in [7, 11) is -1.63. The van der Waals surface area contributed by atoms with Gasteiger partial charge < -0.3 is 5.32 Å². The van der Waals surface area contributed by atoms with Crippen LogP contribution in [0.15, 0.2) is 36.5 Å². The molecular formula is C20H26N4O2S. The van der Waals surface area contributed by atoms with E-state index >= 15 is 0 Å². The molecule has 0 amide bonds. The average molecular weight is 387 g/mol. The summed E-state index contributed by atoms with van der Waals surface area (Å²) < 4.78 is 26.4. The molecule has 0 unspecified atom stereocenters. The monoisotopic (exact) mass is 386 g/mol. The zero-order valence-corrected chi connectivity index (χ0v) is 16.5. The molecule has 7 heteroatoms. The minimum atomic E-state index is -3.26. The maximum absolute atomic E-state index is 12.5. The van der Waals surface area contributed by atoms with Crippen LogP contribution in [0.25, 0.3) is 11.3 Å². The van der Waals surface area contributed by atoms with Crippen molar-refractivity contribution in [3.63, 3.8) is 0 Å². The van der Waals surface area contributed by atoms with E-state index in [0.29, 0.717) is 17.7 Å². The number of hydrogen-bond acceptors (Lipinski definition) is 5. The van der Waals surface area contributed by atoms with E-state index in [0.717, 1.165) is 36.9 Å². The fourth-order valence-electron chi connectivity index (χ4n) is 3.62. The number of anilines is 2. The third-order valence-electron chi connectivity index (χ3n) is 5.43. The smallest absolute Gasteiger partial charge is 0.237 e. The Balaban J connectivity index is 1.55. The lowest BCUT2D eigenvalue weighted by atomic mass is 9.96. The third kappa shape index (κ3) is 4.08. The SMILES string of the molecule is CN(c1cccc(-c2ccnc(NC3CCCCC3)n2)c1)S(=O)(=O)C1CC1. The molecule has 0 saturated heterocycles. The lowest BCUT2D eigenvalue weighted by Crippen LogP contribution is -2.29. The van der Waals surface area contributed by atoms with Gasteiger partial charge in [0.2, 0.25) is 16.0 Å². The first-order valence-corrected chi connectivity index (χ1v) is 11.2. The van der Waals surface area contributed by atoms with Gasteiger partial charge >= 0.3 is 0 Å². The lowest BCUT2D eigenvalue weighted by Gasteiger charge is -2.23. The number of nitrogens with zero attached hydrogens (tertiary/aromatic N) is 3. The molecule has 1 aromatic carbocycles. The quantitative estimate of drug-likeness (QED) is 0.817. The molecule has 1 aromatic heterocycles. The predicted octanol–water partition coefficient (Wildman–Crippen LogP) is 3.82. The molecule has 0 spiro atoms. The van der Waals surface area contributed by atoms with Gasteiger partial charge in [-0.15, -0.1) is 0 Å². The molecule has 0 atom stereocenters. The highest BCUT2D eigenvalue weighted by Gasteiger charge is 2.38. The van der Waals surface area contributed by atoms with Crippen LogP contribution < -0.4 is 9.62 Å². The summed E-state index contributed by atoms with van der Waals surface area (Å²) in [5, 5.41) is 3.22. The van der Waals surface area contributed by atoms with E-state index in [4.69, 9.17) is 0 Å². The van der Waals surface area contributed by atoms with Gasteiger partial charge in [-0.2, -0.15) is 0 Å². The molecule has 4 rings (SSSR count). The van der Waals surface area contributed by atoms with Gasteiger partial charge in [0.15, 0.2) is 0 Å². The van der Waals surface area contributed by atoms with Gasteiger partial charge in [0.25, 0.3) is 0 Å². The first kappa shape index (κ1) is 18.2. The van der Waals surface area contributed by atoms with Gasteiger partial charge in [0.1, 0.15) is 0 Å². The van der Waals surface area contributed by atoms with E-state index in [1.807, 2.05) is 30.3 Å². The Morgan fingerprint density at radius 3 is 2.59 bits per heavy atom. The van der Waals surface area contributed by atoms with Crippen LogP contribution in [0.3, 0.4) is 0 Å². The second kappa shape index (κ2) is 7.46. The van der Waals surface area contributed by atoms with Crippen LogP contribution in [0.4, 0.5) is 11.6 Å². The highest BCUT2D eigenvalue weighted by atomic mass is 32.2. The molecule has 2 saturated carbocycles. The maximum Gasteiger partial charge on any atom is 0.237 e. The van der Waals surface area contributed by atoms with Crippen molar-refractivity contribution in [2.45, 2.75) is 56.2 Å². The summed E-state index contributed by atoms with van der Waals surface area (Å²) >= 11 is 0. The van der Waals surface area contributed by atoms with Crippen LogP contribution in [0.2, 0.25) is 0 Å². The van der Waals surface area contributed by atoms with E-state index in [2.05, 4.69) is 15.3 Å². The van der Waals surface area contributed by atoms with Crippen LogP contribution in [-0.2, 0) is 10.0 Å². The fraction of sp³-hybridized carbons (Fsp3) is 0.500. The molecule has 2 fully saturated rings. The number of nitrogens with one attached hydrogen (secondary N) is 1. The van der Waals surface area contributed by atoms with E-state index in [1.165, 1.54) is 23.6 Å². The molecule has 2 aromatic rings. The van der Waals surface area contributed by atoms with Gasteiger partial charge in [0, 0.05) is 24.8 Å². The number of benzene rings is 1. The molecule has 1 heterocycles. The molecule has 1 N–H and O–H groups in total. The maximum atomic E-state index is 12.5. The number of rotatable bonds is 6. The average Bonchev–Trinajstić information content (AvgIpc) is 3.54. The third-order valence-corrected chi connectivity index (χ3v) is 7.71. The van der Waals surface area contributed by atoms with Crippen molar-refractivity contribution < 1.29 is 8.42 Å². The largest absolute Gasteiger partial charge is 0.351 e. The topological polar surface area (TPSA) is 75.2 Å². The van der Waals surface area contributed by atoms with Crippen LogP contribution in [0.1, 0.15) is 44.9 Å². The van der Waals surface area contributed by atoms with Crippen LogP contribution in [0.5, 0.6) is 0 Å². The van der Waals surface area contributed by atoms with Crippen molar-refractivity contribution in [1.82, 2.24) is 9.97 Å². The Bertz CT molecular complexity index is 906. The Hall–Kier alpha value is -2.15. The normalized spacial score (nSPS) is 18.3. The molecule has 2 aliphatic carbocycles. The van der Waals surface area contributed by atoms with E-state index in [1.54, 1.807) is 13.2 Å². The zero-order valence-electron chi connectivity index (χ0n) is 15.6. The lowest BCUT2D eigenvalue weighted by molar-refractivity contribution is 0.461. The number of hydrogen-bond donors (Lipinski definition) is 1. The van der Waals surface area contributed by atoms with Crippen molar-refractivity contribution in [3.05, 3.63) is 36.5 Å². The molecule has 0 bridgehead atoms.